The number of hydrogen-bond acceptors (Lipinski definition) is 2. The minimum Gasteiger partial charge on any atom is -0.339 e. The van der Waals surface area contributed by atoms with E-state index in [1.54, 1.807) is 18.2 Å². The third-order valence-corrected chi connectivity index (χ3v) is 2.01. The Bertz CT molecular complexity index is 421. The molecule has 4 heteroatoms. The van der Waals surface area contributed by atoms with E-state index in [2.05, 4.69) is 5.32 Å². The molecule has 1 aromatic carbocycles. The van der Waals surface area contributed by atoms with E-state index in [4.69, 9.17) is 16.9 Å². The lowest BCUT2D eigenvalue weighted by Crippen LogP contribution is -2.20. The largest absolute Gasteiger partial charge is 0.339 e. The molecule has 15 heavy (non-hydrogen) atoms. The molecule has 0 saturated heterocycles. The fourth-order valence-electron chi connectivity index (χ4n) is 0.961. The molecule has 0 bridgehead atoms. The van der Waals surface area contributed by atoms with Crippen LogP contribution in [0.15, 0.2) is 30.3 Å². The zero-order chi connectivity index (χ0) is 11.1. The monoisotopic (exact) mass is 220 g/mol. The number of carbonyl (C=O) groups is 1. The molecule has 1 aromatic rings. The van der Waals surface area contributed by atoms with Crippen LogP contribution in [0.5, 0.6) is 0 Å². The highest BCUT2D eigenvalue weighted by Crippen LogP contribution is 2.15. The van der Waals surface area contributed by atoms with E-state index in [9.17, 15) is 4.79 Å². The fraction of sp³-hybridized carbons (Fsp3) is 0.0909. The Labute approximate surface area is 93.0 Å². The van der Waals surface area contributed by atoms with Crippen LogP contribution in [-0.2, 0) is 4.79 Å². The summed E-state index contributed by atoms with van der Waals surface area (Å²) in [5.74, 6) is -0.309. The Morgan fingerprint density at radius 3 is 2.93 bits per heavy atom. The zero-order valence-electron chi connectivity index (χ0n) is 7.90. The summed E-state index contributed by atoms with van der Waals surface area (Å²) in [5.41, 5.74) is 0.770. The van der Waals surface area contributed by atoms with Crippen molar-refractivity contribution in [3.05, 3.63) is 40.9 Å². The molecule has 0 atom stereocenters. The average Bonchev–Trinajstić information content (AvgIpc) is 2.25. The number of halogens is 1. The Morgan fingerprint density at radius 2 is 2.27 bits per heavy atom. The Hall–Kier alpha value is -1.79. The van der Waals surface area contributed by atoms with Crippen LogP contribution >= 0.6 is 11.6 Å². The van der Waals surface area contributed by atoms with Crippen molar-refractivity contribution in [1.82, 2.24) is 5.32 Å². The highest BCUT2D eigenvalue weighted by Gasteiger charge is 1.96. The average molecular weight is 221 g/mol. The van der Waals surface area contributed by atoms with E-state index in [0.29, 0.717) is 5.02 Å². The first-order valence-electron chi connectivity index (χ1n) is 4.31. The van der Waals surface area contributed by atoms with Crippen LogP contribution in [0, 0.1) is 11.3 Å². The molecule has 0 spiro atoms. The highest BCUT2D eigenvalue weighted by atomic mass is 35.5. The van der Waals surface area contributed by atoms with Gasteiger partial charge in [0, 0.05) is 11.1 Å². The first kappa shape index (κ1) is 11.3. The normalized spacial score (nSPS) is 9.87. The Kier molecular flexibility index (Phi) is 4.39. The number of nitrogens with one attached hydrogen (secondary N) is 1. The summed E-state index contributed by atoms with van der Waals surface area (Å²) in [6.07, 6.45) is 2.95. The van der Waals surface area contributed by atoms with Crippen molar-refractivity contribution in [2.24, 2.45) is 0 Å². The molecule has 0 heterocycles. The predicted octanol–water partition coefficient (Wildman–Crippen LogP) is 1.99. The van der Waals surface area contributed by atoms with Gasteiger partial charge in [-0.05, 0) is 17.7 Å². The van der Waals surface area contributed by atoms with Crippen LogP contribution in [0.25, 0.3) is 6.08 Å². The Morgan fingerprint density at radius 1 is 1.53 bits per heavy atom. The molecule has 0 aliphatic rings. The van der Waals surface area contributed by atoms with Crippen LogP contribution in [0.1, 0.15) is 5.56 Å². The van der Waals surface area contributed by atoms with Crippen molar-refractivity contribution in [1.29, 1.82) is 5.26 Å². The highest BCUT2D eigenvalue weighted by molar-refractivity contribution is 6.32. The van der Waals surface area contributed by atoms with E-state index < -0.39 is 0 Å². The van der Waals surface area contributed by atoms with Crippen LogP contribution in [0.3, 0.4) is 0 Å². The van der Waals surface area contributed by atoms with Gasteiger partial charge in [-0.15, -0.1) is 0 Å². The number of hydrogen-bond donors (Lipinski definition) is 1. The SMILES string of the molecule is N#CCNC(=O)/C=C/c1ccccc1Cl. The van der Waals surface area contributed by atoms with Gasteiger partial charge in [-0.1, -0.05) is 29.8 Å². The maximum absolute atomic E-state index is 11.1. The topological polar surface area (TPSA) is 52.9 Å². The summed E-state index contributed by atoms with van der Waals surface area (Å²) < 4.78 is 0. The molecule has 0 aromatic heterocycles. The van der Waals surface area contributed by atoms with Crippen molar-refractivity contribution in [2.75, 3.05) is 6.54 Å². The summed E-state index contributed by atoms with van der Waals surface area (Å²) in [6, 6.07) is 9.01. The van der Waals surface area contributed by atoms with Gasteiger partial charge in [-0.3, -0.25) is 4.79 Å². The molecule has 0 aliphatic carbocycles. The zero-order valence-corrected chi connectivity index (χ0v) is 8.66. The van der Waals surface area contributed by atoms with E-state index in [-0.39, 0.29) is 12.5 Å². The van der Waals surface area contributed by atoms with E-state index in [1.807, 2.05) is 18.2 Å². The molecule has 0 unspecified atom stereocenters. The summed E-state index contributed by atoms with van der Waals surface area (Å²) >= 11 is 5.88. The second-order valence-electron chi connectivity index (χ2n) is 2.73. The van der Waals surface area contributed by atoms with E-state index in [0.717, 1.165) is 5.56 Å². The number of amides is 1. The fourth-order valence-corrected chi connectivity index (χ4v) is 1.16. The standard InChI is InChI=1S/C11H9ClN2O/c12-10-4-2-1-3-9(10)5-6-11(15)14-8-7-13/h1-6H,8H2,(H,14,15)/b6-5+. The third kappa shape index (κ3) is 3.84. The van der Waals surface area contributed by atoms with Gasteiger partial charge in [0.05, 0.1) is 6.07 Å². The van der Waals surface area contributed by atoms with Crippen molar-refractivity contribution >= 4 is 23.6 Å². The van der Waals surface area contributed by atoms with E-state index >= 15 is 0 Å². The molecule has 1 N–H and O–H groups in total. The van der Waals surface area contributed by atoms with Crippen LogP contribution < -0.4 is 5.32 Å². The molecular formula is C11H9ClN2O. The lowest BCUT2D eigenvalue weighted by atomic mass is 10.2. The number of nitriles is 1. The Balaban J connectivity index is 2.62. The molecule has 76 valence electrons. The maximum Gasteiger partial charge on any atom is 0.244 e. The molecular weight excluding hydrogens is 212 g/mol. The van der Waals surface area contributed by atoms with Gasteiger partial charge in [0.2, 0.25) is 5.91 Å². The minimum absolute atomic E-state index is 0.00565. The molecule has 0 fully saturated rings. The third-order valence-electron chi connectivity index (χ3n) is 1.66. The van der Waals surface area contributed by atoms with Crippen molar-refractivity contribution in [2.45, 2.75) is 0 Å². The molecule has 3 nitrogen and oxygen atoms in total. The van der Waals surface area contributed by atoms with Crippen molar-refractivity contribution < 1.29 is 4.79 Å². The number of carbonyl (C=O) groups excluding carboxylic acids is 1. The van der Waals surface area contributed by atoms with Crippen LogP contribution in [-0.4, -0.2) is 12.5 Å². The first-order chi connectivity index (χ1) is 7.24. The van der Waals surface area contributed by atoms with Crippen LogP contribution in [0.4, 0.5) is 0 Å². The summed E-state index contributed by atoms with van der Waals surface area (Å²) in [6.45, 7) is 0.00565. The quantitative estimate of drug-likeness (QED) is 0.626. The maximum atomic E-state index is 11.1. The summed E-state index contributed by atoms with van der Waals surface area (Å²) in [5, 5.41) is 11.2. The number of rotatable bonds is 3. The first-order valence-corrected chi connectivity index (χ1v) is 4.69. The van der Waals surface area contributed by atoms with Gasteiger partial charge < -0.3 is 5.32 Å². The molecule has 1 rings (SSSR count). The van der Waals surface area contributed by atoms with Crippen LogP contribution in [0.2, 0.25) is 5.02 Å². The predicted molar refractivity (Wildman–Crippen MR) is 59.1 cm³/mol. The van der Waals surface area contributed by atoms with E-state index in [1.165, 1.54) is 6.08 Å². The van der Waals surface area contributed by atoms with Gasteiger partial charge in [0.15, 0.2) is 0 Å². The van der Waals surface area contributed by atoms with Crippen molar-refractivity contribution in [3.63, 3.8) is 0 Å². The van der Waals surface area contributed by atoms with Gasteiger partial charge in [-0.2, -0.15) is 5.26 Å². The lowest BCUT2D eigenvalue weighted by molar-refractivity contribution is -0.116. The lowest BCUT2D eigenvalue weighted by Gasteiger charge is -1.96. The second-order valence-corrected chi connectivity index (χ2v) is 3.14. The number of nitrogens with zero attached hydrogens (tertiary/aromatic N) is 1. The molecule has 0 aliphatic heterocycles. The van der Waals surface area contributed by atoms with Gasteiger partial charge in [0.1, 0.15) is 6.54 Å². The van der Waals surface area contributed by atoms with Gasteiger partial charge in [-0.25, -0.2) is 0 Å². The molecule has 0 radical (unpaired) electrons. The minimum atomic E-state index is -0.309. The number of benzene rings is 1. The molecule has 0 saturated carbocycles. The van der Waals surface area contributed by atoms with Gasteiger partial charge in [0.25, 0.3) is 0 Å². The van der Waals surface area contributed by atoms with Crippen molar-refractivity contribution in [3.8, 4) is 6.07 Å². The smallest absolute Gasteiger partial charge is 0.244 e. The molecule has 1 amide bonds. The second kappa shape index (κ2) is 5.84. The van der Waals surface area contributed by atoms with Gasteiger partial charge >= 0.3 is 0 Å². The summed E-state index contributed by atoms with van der Waals surface area (Å²) in [7, 11) is 0. The summed E-state index contributed by atoms with van der Waals surface area (Å²) in [4.78, 5) is 11.1.